The number of hydrogen-bond donors (Lipinski definition) is 1. The first-order valence-electron chi connectivity index (χ1n) is 7.49. The number of rotatable bonds is 5. The first-order valence-corrected chi connectivity index (χ1v) is 7.49. The van der Waals surface area contributed by atoms with Crippen molar-refractivity contribution in [1.82, 2.24) is 15.1 Å². The largest absolute Gasteiger partial charge is 0.435 e. The minimum absolute atomic E-state index is 0.0213. The molecule has 1 aromatic heterocycles. The number of halogens is 4. The summed E-state index contributed by atoms with van der Waals surface area (Å²) in [7, 11) is 0. The van der Waals surface area contributed by atoms with Gasteiger partial charge in [0, 0.05) is 23.7 Å². The monoisotopic (exact) mass is 341 g/mol. The molecule has 8 heteroatoms. The number of carbonyl (C=O) groups excluding carboxylic acids is 1. The summed E-state index contributed by atoms with van der Waals surface area (Å²) in [6.45, 7) is -0.353. The van der Waals surface area contributed by atoms with Crippen molar-refractivity contribution in [2.75, 3.05) is 0 Å². The Morgan fingerprint density at radius 1 is 1.29 bits per heavy atom. The highest BCUT2D eigenvalue weighted by Crippen LogP contribution is 2.42. The maximum Gasteiger partial charge on any atom is 0.435 e. The topological polar surface area (TPSA) is 46.9 Å². The summed E-state index contributed by atoms with van der Waals surface area (Å²) < 4.78 is 53.0. The Balaban J connectivity index is 1.68. The van der Waals surface area contributed by atoms with Gasteiger partial charge in [-0.15, -0.1) is 0 Å². The molecule has 0 unspecified atom stereocenters. The molecule has 3 rings (SSSR count). The van der Waals surface area contributed by atoms with E-state index in [0.29, 0.717) is 11.3 Å². The van der Waals surface area contributed by atoms with Crippen LogP contribution in [0.5, 0.6) is 0 Å². The Kier molecular flexibility index (Phi) is 4.29. The first kappa shape index (κ1) is 16.5. The molecule has 24 heavy (non-hydrogen) atoms. The van der Waals surface area contributed by atoms with E-state index in [4.69, 9.17) is 0 Å². The second kappa shape index (κ2) is 6.26. The fourth-order valence-corrected chi connectivity index (χ4v) is 2.43. The van der Waals surface area contributed by atoms with E-state index in [2.05, 4.69) is 10.4 Å². The number of amides is 1. The van der Waals surface area contributed by atoms with Gasteiger partial charge in [0.25, 0.3) is 0 Å². The zero-order valence-corrected chi connectivity index (χ0v) is 12.6. The zero-order valence-electron chi connectivity index (χ0n) is 12.6. The molecule has 0 spiro atoms. The maximum absolute atomic E-state index is 13.5. The number of alkyl halides is 3. The van der Waals surface area contributed by atoms with Gasteiger partial charge in [-0.1, -0.05) is 18.2 Å². The number of carbonyl (C=O) groups is 1. The molecule has 1 heterocycles. The molecule has 0 saturated heterocycles. The number of hydrogen-bond acceptors (Lipinski definition) is 2. The lowest BCUT2D eigenvalue weighted by Crippen LogP contribution is -2.28. The molecule has 0 atom stereocenters. The van der Waals surface area contributed by atoms with Crippen LogP contribution in [0, 0.1) is 5.82 Å². The van der Waals surface area contributed by atoms with Crippen molar-refractivity contribution in [3.63, 3.8) is 0 Å². The predicted octanol–water partition coefficient (Wildman–Crippen LogP) is 3.23. The quantitative estimate of drug-likeness (QED) is 0.849. The predicted molar refractivity (Wildman–Crippen MR) is 77.5 cm³/mol. The van der Waals surface area contributed by atoms with Gasteiger partial charge in [-0.05, 0) is 25.0 Å². The van der Waals surface area contributed by atoms with Crippen molar-refractivity contribution >= 4 is 5.91 Å². The van der Waals surface area contributed by atoms with E-state index in [0.717, 1.165) is 23.6 Å². The van der Waals surface area contributed by atoms with Gasteiger partial charge in [-0.2, -0.15) is 18.3 Å². The van der Waals surface area contributed by atoms with Gasteiger partial charge in [0.05, 0.1) is 0 Å². The van der Waals surface area contributed by atoms with Crippen LogP contribution in [0.2, 0.25) is 0 Å². The number of benzene rings is 1. The third kappa shape index (κ3) is 3.74. The molecular weight excluding hydrogens is 326 g/mol. The molecule has 4 nitrogen and oxygen atoms in total. The second-order valence-corrected chi connectivity index (χ2v) is 5.75. The highest BCUT2D eigenvalue weighted by molar-refractivity contribution is 5.75. The number of nitrogens with zero attached hydrogens (tertiary/aromatic N) is 2. The summed E-state index contributed by atoms with van der Waals surface area (Å²) in [6, 6.07) is 6.97. The lowest BCUT2D eigenvalue weighted by molar-refractivity contribution is -0.141. The van der Waals surface area contributed by atoms with Crippen molar-refractivity contribution in [1.29, 1.82) is 0 Å². The third-order valence-corrected chi connectivity index (χ3v) is 3.82. The number of aromatic nitrogens is 2. The molecule has 0 radical (unpaired) electrons. The molecule has 1 aromatic carbocycles. The SMILES string of the molecule is O=C(Cn1nc(C(F)(F)F)cc1C1CC1)NCc1ccccc1F. The van der Waals surface area contributed by atoms with Gasteiger partial charge in [-0.3, -0.25) is 9.48 Å². The average Bonchev–Trinajstić information content (AvgIpc) is 3.26. The number of nitrogens with one attached hydrogen (secondary N) is 1. The van der Waals surface area contributed by atoms with E-state index < -0.39 is 23.6 Å². The summed E-state index contributed by atoms with van der Waals surface area (Å²) >= 11 is 0. The zero-order chi connectivity index (χ0) is 17.3. The van der Waals surface area contributed by atoms with Gasteiger partial charge in [0.2, 0.25) is 5.91 Å². The van der Waals surface area contributed by atoms with Crippen molar-refractivity contribution in [2.24, 2.45) is 0 Å². The Morgan fingerprint density at radius 3 is 2.62 bits per heavy atom. The van der Waals surface area contributed by atoms with Crippen molar-refractivity contribution in [3.8, 4) is 0 Å². The van der Waals surface area contributed by atoms with E-state index >= 15 is 0 Å². The summed E-state index contributed by atoms with van der Waals surface area (Å²) in [5, 5.41) is 6.01. The Morgan fingerprint density at radius 2 is 2.00 bits per heavy atom. The molecule has 0 bridgehead atoms. The van der Waals surface area contributed by atoms with E-state index in [9.17, 15) is 22.4 Å². The minimum Gasteiger partial charge on any atom is -0.350 e. The van der Waals surface area contributed by atoms with Crippen molar-refractivity contribution < 1.29 is 22.4 Å². The van der Waals surface area contributed by atoms with Crippen LogP contribution in [0.4, 0.5) is 17.6 Å². The van der Waals surface area contributed by atoms with Gasteiger partial charge in [0.15, 0.2) is 5.69 Å². The van der Waals surface area contributed by atoms with Crippen LogP contribution in [-0.4, -0.2) is 15.7 Å². The van der Waals surface area contributed by atoms with Crippen LogP contribution in [0.25, 0.3) is 0 Å². The van der Waals surface area contributed by atoms with E-state index in [1.165, 1.54) is 18.2 Å². The Hall–Kier alpha value is -2.38. The molecule has 0 aliphatic heterocycles. The molecular formula is C16H15F4N3O. The van der Waals surface area contributed by atoms with Crippen LogP contribution in [-0.2, 0) is 24.1 Å². The molecule has 128 valence electrons. The van der Waals surface area contributed by atoms with Crippen LogP contribution in [0.15, 0.2) is 30.3 Å². The van der Waals surface area contributed by atoms with Crippen LogP contribution in [0.3, 0.4) is 0 Å². The summed E-state index contributed by atoms with van der Waals surface area (Å²) in [5.41, 5.74) is -0.264. The Bertz CT molecular complexity index is 750. The fourth-order valence-electron chi connectivity index (χ4n) is 2.43. The van der Waals surface area contributed by atoms with Crippen LogP contribution < -0.4 is 5.32 Å². The van der Waals surface area contributed by atoms with Crippen LogP contribution >= 0.6 is 0 Å². The molecule has 1 aliphatic rings. The highest BCUT2D eigenvalue weighted by Gasteiger charge is 2.38. The molecule has 1 fully saturated rings. The van der Waals surface area contributed by atoms with Crippen molar-refractivity contribution in [2.45, 2.75) is 38.0 Å². The fraction of sp³-hybridized carbons (Fsp3) is 0.375. The highest BCUT2D eigenvalue weighted by atomic mass is 19.4. The minimum atomic E-state index is -4.54. The Labute approximate surface area is 135 Å². The van der Waals surface area contributed by atoms with Gasteiger partial charge < -0.3 is 5.32 Å². The molecule has 2 aromatic rings. The third-order valence-electron chi connectivity index (χ3n) is 3.82. The summed E-state index contributed by atoms with van der Waals surface area (Å²) in [5.74, 6) is -0.945. The maximum atomic E-state index is 13.5. The molecule has 1 amide bonds. The van der Waals surface area contributed by atoms with Crippen molar-refractivity contribution in [3.05, 3.63) is 53.1 Å². The standard InChI is InChI=1S/C16H15F4N3O/c17-12-4-2-1-3-11(12)8-21-15(24)9-23-13(10-5-6-10)7-14(22-23)16(18,19)20/h1-4,7,10H,5-6,8-9H2,(H,21,24). The van der Waals surface area contributed by atoms with E-state index in [1.807, 2.05) is 0 Å². The van der Waals surface area contributed by atoms with E-state index in [1.54, 1.807) is 6.07 Å². The summed E-state index contributed by atoms with van der Waals surface area (Å²) in [4.78, 5) is 12.0. The second-order valence-electron chi connectivity index (χ2n) is 5.75. The normalized spacial score (nSPS) is 14.7. The molecule has 1 saturated carbocycles. The van der Waals surface area contributed by atoms with E-state index in [-0.39, 0.29) is 19.0 Å². The van der Waals surface area contributed by atoms with Gasteiger partial charge >= 0.3 is 6.18 Å². The van der Waals surface area contributed by atoms with Crippen LogP contribution in [0.1, 0.15) is 35.7 Å². The van der Waals surface area contributed by atoms with Gasteiger partial charge in [0.1, 0.15) is 12.4 Å². The first-order chi connectivity index (χ1) is 11.3. The smallest absolute Gasteiger partial charge is 0.350 e. The average molecular weight is 341 g/mol. The summed E-state index contributed by atoms with van der Waals surface area (Å²) in [6.07, 6.45) is -2.96. The van der Waals surface area contributed by atoms with Gasteiger partial charge in [-0.25, -0.2) is 4.39 Å². The molecule has 1 aliphatic carbocycles. The lowest BCUT2D eigenvalue weighted by atomic mass is 10.2. The molecule has 1 N–H and O–H groups in total. The lowest BCUT2D eigenvalue weighted by Gasteiger charge is -2.09.